The van der Waals surface area contributed by atoms with Crippen LogP contribution < -0.4 is 22.1 Å². The van der Waals surface area contributed by atoms with Crippen molar-refractivity contribution < 1.29 is 34.3 Å². The molecular weight excluding hydrogens is 428 g/mol. The zero-order chi connectivity index (χ0) is 23.7. The predicted octanol–water partition coefficient (Wildman–Crippen LogP) is -1.81. The largest absolute Gasteiger partial charge is 0.452 e. The molecule has 11 nitrogen and oxygen atoms in total. The summed E-state index contributed by atoms with van der Waals surface area (Å²) in [7, 11) is 0. The van der Waals surface area contributed by atoms with Crippen LogP contribution in [-0.2, 0) is 4.74 Å². The number of hydrogen-bond acceptors (Lipinski definition) is 9. The molecule has 6 atom stereocenters. The zero-order valence-electron chi connectivity index (χ0n) is 18.3. The van der Waals surface area contributed by atoms with E-state index < -0.39 is 41.5 Å². The molecular formula is C22H28N6O5+2. The molecule has 2 aromatic rings. The van der Waals surface area contributed by atoms with Gasteiger partial charge >= 0.3 is 23.6 Å². The average Bonchev–Trinajstić information content (AvgIpc) is 3.16. The summed E-state index contributed by atoms with van der Waals surface area (Å²) in [5.41, 5.74) is 9.14. The monoisotopic (exact) mass is 456 g/mol. The Morgan fingerprint density at radius 1 is 1.15 bits per heavy atom. The van der Waals surface area contributed by atoms with Gasteiger partial charge in [-0.2, -0.15) is 0 Å². The van der Waals surface area contributed by atoms with Gasteiger partial charge in [0.15, 0.2) is 17.7 Å². The van der Waals surface area contributed by atoms with E-state index in [0.717, 1.165) is 15.5 Å². The first-order valence-electron chi connectivity index (χ1n) is 10.7. The van der Waals surface area contributed by atoms with E-state index in [9.17, 15) is 20.2 Å². The van der Waals surface area contributed by atoms with Crippen molar-refractivity contribution in [2.75, 3.05) is 6.61 Å². The number of nitrogens with one attached hydrogen (secondary N) is 2. The summed E-state index contributed by atoms with van der Waals surface area (Å²) in [5.74, 6) is -0.625. The van der Waals surface area contributed by atoms with E-state index >= 15 is 0 Å². The van der Waals surface area contributed by atoms with Crippen LogP contribution in [0.1, 0.15) is 24.2 Å². The summed E-state index contributed by atoms with van der Waals surface area (Å²) in [6, 6.07) is 10.6. The third-order valence-corrected chi connectivity index (χ3v) is 7.24. The molecule has 4 unspecified atom stereocenters. The van der Waals surface area contributed by atoms with Gasteiger partial charge in [-0.25, -0.2) is 9.37 Å². The molecule has 0 aliphatic carbocycles. The Morgan fingerprint density at radius 3 is 2.58 bits per heavy atom. The van der Waals surface area contributed by atoms with E-state index in [0.29, 0.717) is 5.56 Å². The second-order valence-electron chi connectivity index (χ2n) is 8.97. The Labute approximate surface area is 189 Å². The van der Waals surface area contributed by atoms with E-state index in [1.807, 2.05) is 30.3 Å². The fourth-order valence-electron chi connectivity index (χ4n) is 5.86. The zero-order valence-corrected chi connectivity index (χ0v) is 18.3. The van der Waals surface area contributed by atoms with Crippen LogP contribution in [0.5, 0.6) is 0 Å². The molecule has 3 aliphatic rings. The minimum atomic E-state index is -1.86. The van der Waals surface area contributed by atoms with Crippen LogP contribution in [0.15, 0.2) is 42.5 Å². The van der Waals surface area contributed by atoms with Crippen LogP contribution in [0.25, 0.3) is 10.8 Å². The van der Waals surface area contributed by atoms with Crippen LogP contribution in [0.2, 0.25) is 0 Å². The lowest BCUT2D eigenvalue weighted by Crippen LogP contribution is -2.78. The van der Waals surface area contributed by atoms with Crippen molar-refractivity contribution in [3.8, 4) is 0 Å². The number of nitrogens with two attached hydrogens (primary N) is 2. The molecule has 1 fully saturated rings. The minimum absolute atomic E-state index is 0.109. The molecule has 5 rings (SSSR count). The van der Waals surface area contributed by atoms with Gasteiger partial charge in [-0.3, -0.25) is 22.1 Å². The van der Waals surface area contributed by atoms with Crippen LogP contribution in [0.3, 0.4) is 0 Å². The predicted molar refractivity (Wildman–Crippen MR) is 118 cm³/mol. The first kappa shape index (κ1) is 21.3. The summed E-state index contributed by atoms with van der Waals surface area (Å²) >= 11 is 0. The molecule has 0 aromatic heterocycles. The highest BCUT2D eigenvalue weighted by Gasteiger charge is 2.82. The van der Waals surface area contributed by atoms with Crippen molar-refractivity contribution >= 4 is 28.7 Å². The van der Waals surface area contributed by atoms with Crippen molar-refractivity contribution in [3.05, 3.63) is 48.0 Å². The summed E-state index contributed by atoms with van der Waals surface area (Å²) in [6.45, 7) is 2.85. The molecule has 0 saturated carbocycles. The molecule has 9 N–H and O–H groups in total. The fraction of sp³-hybridized carbons (Fsp3) is 0.409. The van der Waals surface area contributed by atoms with Crippen molar-refractivity contribution in [2.24, 2.45) is 11.5 Å². The van der Waals surface area contributed by atoms with Gasteiger partial charge < -0.3 is 20.2 Å². The number of guanidine groups is 2. The van der Waals surface area contributed by atoms with Crippen molar-refractivity contribution in [2.45, 2.75) is 49.3 Å². The number of aliphatic hydroxyl groups excluding tert-OH is 1. The summed E-state index contributed by atoms with van der Waals surface area (Å²) < 4.78 is 8.20. The molecule has 3 heterocycles. The van der Waals surface area contributed by atoms with E-state index in [2.05, 4.69) is 10.6 Å². The third-order valence-electron chi connectivity index (χ3n) is 7.24. The smallest absolute Gasteiger partial charge is 0.384 e. The summed E-state index contributed by atoms with van der Waals surface area (Å²) in [6.07, 6.45) is -1.10. The number of hydroxylamine groups is 1. The number of benzene rings is 2. The molecule has 0 bridgehead atoms. The quantitative estimate of drug-likeness (QED) is 0.160. The number of aliphatic hydroxyl groups is 2. The Bertz CT molecular complexity index is 1220. The van der Waals surface area contributed by atoms with Gasteiger partial charge in [-0.05, 0) is 35.4 Å². The van der Waals surface area contributed by atoms with Gasteiger partial charge in [0.1, 0.15) is 12.1 Å². The van der Waals surface area contributed by atoms with Crippen LogP contribution >= 0.6 is 0 Å². The molecule has 11 heteroatoms. The van der Waals surface area contributed by atoms with E-state index in [4.69, 9.17) is 16.2 Å². The Morgan fingerprint density at radius 2 is 1.85 bits per heavy atom. The van der Waals surface area contributed by atoms with Gasteiger partial charge in [0, 0.05) is 0 Å². The molecule has 1 spiro atoms. The lowest BCUT2D eigenvalue weighted by atomic mass is 9.79. The minimum Gasteiger partial charge on any atom is -0.452 e. The maximum Gasteiger partial charge on any atom is 0.384 e. The second-order valence-corrected chi connectivity index (χ2v) is 8.97. The van der Waals surface area contributed by atoms with Gasteiger partial charge in [-0.1, -0.05) is 36.4 Å². The first-order valence-corrected chi connectivity index (χ1v) is 10.7. The Balaban J connectivity index is 1.61. The van der Waals surface area contributed by atoms with Gasteiger partial charge in [-0.15, -0.1) is 0 Å². The molecule has 174 valence electrons. The number of hydrogen-bond donors (Lipinski definition) is 7. The maximum atomic E-state index is 13.3. The number of carbonyl (C=O) groups is 1. The fourth-order valence-corrected chi connectivity index (χ4v) is 5.86. The van der Waals surface area contributed by atoms with Crippen LogP contribution in [0.4, 0.5) is 0 Å². The van der Waals surface area contributed by atoms with Gasteiger partial charge in [0.2, 0.25) is 0 Å². The highest BCUT2D eigenvalue weighted by molar-refractivity contribution is 6.04. The van der Waals surface area contributed by atoms with Crippen molar-refractivity contribution in [1.29, 1.82) is 0 Å². The summed E-state index contributed by atoms with van der Waals surface area (Å²) in [5, 5.41) is 40.4. The second kappa shape index (κ2) is 6.96. The molecule has 2 aromatic carbocycles. The lowest BCUT2D eigenvalue weighted by molar-refractivity contribution is -0.948. The molecule has 0 radical (unpaired) electrons. The number of fused-ring (bicyclic) bond motifs is 1. The molecule has 1 saturated heterocycles. The topological polar surface area (TPSA) is 169 Å². The van der Waals surface area contributed by atoms with Crippen molar-refractivity contribution in [3.63, 3.8) is 0 Å². The number of rotatable bonds is 3. The Hall–Kier alpha value is -3.57. The Kier molecular flexibility index (Phi) is 4.49. The van der Waals surface area contributed by atoms with Crippen molar-refractivity contribution in [1.82, 2.24) is 10.6 Å². The van der Waals surface area contributed by atoms with Gasteiger partial charge in [0.25, 0.3) is 0 Å². The average molecular weight is 457 g/mol. The van der Waals surface area contributed by atoms with E-state index in [1.54, 1.807) is 23.6 Å². The molecule has 3 aliphatic heterocycles. The standard InChI is InChI=1S/C22H26N6O5/c1-11-17(33-18(30)14-9-5-7-12-6-3-4-8-13(12)14)21(2,31)22-16(26-20(24)28(22)32)15(10-29)25-19(23)27(11)22/h3-9,11,15-17,29,31-32H,10H2,1-2H3,(H4,23,24,25,26)/p+2/t11?,15?,16?,17-,21-,22?/m0/s1. The summed E-state index contributed by atoms with van der Waals surface area (Å²) in [4.78, 5) is 13.3. The molecule has 33 heavy (non-hydrogen) atoms. The lowest BCUT2D eigenvalue weighted by Gasteiger charge is -2.41. The van der Waals surface area contributed by atoms with E-state index in [-0.39, 0.29) is 18.5 Å². The first-order chi connectivity index (χ1) is 15.7. The number of esters is 1. The number of nitrogens with zero attached hydrogens (tertiary/aromatic N) is 2. The van der Waals surface area contributed by atoms with Crippen LogP contribution in [0, 0.1) is 0 Å². The van der Waals surface area contributed by atoms with E-state index in [1.165, 1.54) is 6.92 Å². The third kappa shape index (κ3) is 2.54. The highest BCUT2D eigenvalue weighted by atomic mass is 16.6. The molecule has 0 amide bonds. The van der Waals surface area contributed by atoms with Gasteiger partial charge in [0.05, 0.1) is 12.2 Å². The van der Waals surface area contributed by atoms with Crippen LogP contribution in [-0.4, -0.2) is 84.7 Å². The number of carbonyl (C=O) groups excluding carboxylic acids is 1. The highest BCUT2D eigenvalue weighted by Crippen LogP contribution is 2.47. The number of ether oxygens (including phenoxy) is 1. The normalized spacial score (nSPS) is 35.2. The SMILES string of the molecule is CC1[C@H](OC(=O)c2cccc3ccccc23)[C@](C)(O)C23C(NC(N)=[N+]2O)C(CO)NC(N)=[N+]13. The maximum absolute atomic E-state index is 13.3.